The summed E-state index contributed by atoms with van der Waals surface area (Å²) in [6, 6.07) is 0. The van der Waals surface area contributed by atoms with Gasteiger partial charge in [0.05, 0.1) is 6.10 Å². The Kier molecular flexibility index (Phi) is 11.3. The minimum Gasteiger partial charge on any atom is -0.374 e. The Morgan fingerprint density at radius 1 is 1.04 bits per heavy atom. The molecule has 0 spiro atoms. The van der Waals surface area contributed by atoms with Crippen LogP contribution in [-0.4, -0.2) is 18.5 Å². The molecule has 0 N–H and O–H groups in total. The Bertz CT molecular complexity index is 573. The number of hydrogen-bond acceptors (Lipinski definition) is 2. The van der Waals surface area contributed by atoms with Gasteiger partial charge in [-0.05, 0) is 72.3 Å². The first-order valence-electron chi connectivity index (χ1n) is 10.6. The van der Waals surface area contributed by atoms with E-state index in [9.17, 15) is 4.79 Å². The van der Waals surface area contributed by atoms with Gasteiger partial charge in [-0.2, -0.15) is 0 Å². The Balaban J connectivity index is 2.52. The highest BCUT2D eigenvalue weighted by molar-refractivity contribution is 5.92. The molecule has 0 aromatic carbocycles. The normalized spacial score (nSPS) is 23.6. The summed E-state index contributed by atoms with van der Waals surface area (Å²) < 4.78 is 5.98. The third-order valence-corrected chi connectivity index (χ3v) is 5.34. The maximum atomic E-state index is 12.1. The number of rotatable bonds is 11. The third-order valence-electron chi connectivity index (χ3n) is 5.34. The van der Waals surface area contributed by atoms with Crippen LogP contribution in [0.2, 0.25) is 0 Å². The molecular weight excluding hydrogens is 332 g/mol. The SMILES string of the molecule is CCCOC1C=CC(=O)C(C)C1C/C=C(\C)CC/C=C(\C)CCC=C(C)C. The molecule has 0 aliphatic heterocycles. The van der Waals surface area contributed by atoms with Crippen LogP contribution in [0.1, 0.15) is 80.1 Å². The second-order valence-electron chi connectivity index (χ2n) is 8.24. The van der Waals surface area contributed by atoms with Crippen LogP contribution in [-0.2, 0) is 9.53 Å². The van der Waals surface area contributed by atoms with Crippen LogP contribution >= 0.6 is 0 Å². The Hall–Kier alpha value is -1.41. The van der Waals surface area contributed by atoms with E-state index in [2.05, 4.69) is 52.8 Å². The van der Waals surface area contributed by atoms with Crippen LogP contribution < -0.4 is 0 Å². The molecule has 3 unspecified atom stereocenters. The van der Waals surface area contributed by atoms with Crippen LogP contribution in [0.4, 0.5) is 0 Å². The topological polar surface area (TPSA) is 26.3 Å². The van der Waals surface area contributed by atoms with Crippen LogP contribution in [0.15, 0.2) is 47.1 Å². The molecule has 3 atom stereocenters. The lowest BCUT2D eigenvalue weighted by Gasteiger charge is -2.31. The molecule has 1 aliphatic rings. The molecule has 1 aliphatic carbocycles. The van der Waals surface area contributed by atoms with Crippen molar-refractivity contribution in [3.63, 3.8) is 0 Å². The predicted octanol–water partition coefficient (Wildman–Crippen LogP) is 6.98. The summed E-state index contributed by atoms with van der Waals surface area (Å²) in [7, 11) is 0. The molecule has 0 aromatic heterocycles. The molecule has 27 heavy (non-hydrogen) atoms. The molecule has 2 nitrogen and oxygen atoms in total. The van der Waals surface area contributed by atoms with Crippen molar-refractivity contribution in [2.24, 2.45) is 11.8 Å². The van der Waals surface area contributed by atoms with Crippen molar-refractivity contribution in [2.45, 2.75) is 86.2 Å². The van der Waals surface area contributed by atoms with E-state index in [4.69, 9.17) is 4.74 Å². The van der Waals surface area contributed by atoms with Gasteiger partial charge < -0.3 is 4.74 Å². The lowest BCUT2D eigenvalue weighted by atomic mass is 9.79. The van der Waals surface area contributed by atoms with Gasteiger partial charge in [-0.15, -0.1) is 0 Å². The zero-order valence-corrected chi connectivity index (χ0v) is 18.4. The molecule has 0 bridgehead atoms. The standard InChI is InChI=1S/C25H40O2/c1-7-18-27-25-17-16-24(26)22(6)23(25)15-14-21(5)13-9-12-20(4)11-8-10-19(2)3/h10,12,14,16-17,22-23,25H,7-9,11,13,15,18H2,1-6H3/b20-12+,21-14+. The second-order valence-corrected chi connectivity index (χ2v) is 8.24. The van der Waals surface area contributed by atoms with Gasteiger partial charge in [0.1, 0.15) is 0 Å². The van der Waals surface area contributed by atoms with Crippen molar-refractivity contribution in [1.29, 1.82) is 0 Å². The summed E-state index contributed by atoms with van der Waals surface area (Å²) >= 11 is 0. The van der Waals surface area contributed by atoms with Crippen LogP contribution in [0.5, 0.6) is 0 Å². The number of carbonyl (C=O) groups excluding carboxylic acids is 1. The van der Waals surface area contributed by atoms with Gasteiger partial charge in [0.15, 0.2) is 5.78 Å². The highest BCUT2D eigenvalue weighted by Crippen LogP contribution is 2.29. The van der Waals surface area contributed by atoms with Crippen LogP contribution in [0.25, 0.3) is 0 Å². The van der Waals surface area contributed by atoms with Gasteiger partial charge in [-0.3, -0.25) is 4.79 Å². The zero-order chi connectivity index (χ0) is 20.2. The molecular formula is C25H40O2. The van der Waals surface area contributed by atoms with Crippen LogP contribution in [0, 0.1) is 11.8 Å². The largest absolute Gasteiger partial charge is 0.374 e. The zero-order valence-electron chi connectivity index (χ0n) is 18.4. The van der Waals surface area contributed by atoms with Crippen molar-refractivity contribution in [1.82, 2.24) is 0 Å². The Morgan fingerprint density at radius 2 is 1.67 bits per heavy atom. The smallest absolute Gasteiger partial charge is 0.158 e. The quantitative estimate of drug-likeness (QED) is 0.366. The maximum Gasteiger partial charge on any atom is 0.158 e. The summed E-state index contributed by atoms with van der Waals surface area (Å²) in [5.74, 6) is 0.529. The van der Waals surface area contributed by atoms with E-state index in [1.54, 1.807) is 6.08 Å². The minimum atomic E-state index is 0.0399. The molecule has 2 heteroatoms. The molecule has 0 saturated heterocycles. The second kappa shape index (κ2) is 12.9. The number of ketones is 1. The van der Waals surface area contributed by atoms with Gasteiger partial charge in [0, 0.05) is 18.4 Å². The summed E-state index contributed by atoms with van der Waals surface area (Å²) in [5, 5.41) is 0. The van der Waals surface area contributed by atoms with Gasteiger partial charge in [0.25, 0.3) is 0 Å². The fourth-order valence-electron chi connectivity index (χ4n) is 3.43. The van der Waals surface area contributed by atoms with Crippen molar-refractivity contribution in [2.75, 3.05) is 6.61 Å². The first kappa shape index (κ1) is 23.6. The number of carbonyl (C=O) groups is 1. The molecule has 152 valence electrons. The number of hydrogen-bond donors (Lipinski definition) is 0. The van der Waals surface area contributed by atoms with Crippen molar-refractivity contribution < 1.29 is 9.53 Å². The summed E-state index contributed by atoms with van der Waals surface area (Å²) in [4.78, 5) is 12.1. The molecule has 0 heterocycles. The molecule has 0 radical (unpaired) electrons. The maximum absolute atomic E-state index is 12.1. The predicted molar refractivity (Wildman–Crippen MR) is 117 cm³/mol. The summed E-state index contributed by atoms with van der Waals surface area (Å²) in [6.07, 6.45) is 17.1. The fraction of sp³-hybridized carbons (Fsp3) is 0.640. The average Bonchev–Trinajstić information content (AvgIpc) is 2.61. The third kappa shape index (κ3) is 9.37. The minimum absolute atomic E-state index is 0.0399. The van der Waals surface area contributed by atoms with Crippen molar-refractivity contribution in [3.8, 4) is 0 Å². The summed E-state index contributed by atoms with van der Waals surface area (Å²) in [6.45, 7) is 13.7. The summed E-state index contributed by atoms with van der Waals surface area (Å²) in [5.41, 5.74) is 4.28. The Morgan fingerprint density at radius 3 is 2.30 bits per heavy atom. The lowest BCUT2D eigenvalue weighted by molar-refractivity contribution is -0.122. The number of ether oxygens (including phenoxy) is 1. The van der Waals surface area contributed by atoms with E-state index in [0.29, 0.717) is 0 Å². The molecule has 0 saturated carbocycles. The van der Waals surface area contributed by atoms with E-state index in [1.807, 2.05) is 13.0 Å². The van der Waals surface area contributed by atoms with Gasteiger partial charge in [0.2, 0.25) is 0 Å². The molecule has 1 rings (SSSR count). The van der Waals surface area contributed by atoms with E-state index in [-0.39, 0.29) is 23.7 Å². The molecule has 0 aromatic rings. The van der Waals surface area contributed by atoms with Gasteiger partial charge in [-0.25, -0.2) is 0 Å². The van der Waals surface area contributed by atoms with Crippen molar-refractivity contribution >= 4 is 5.78 Å². The number of allylic oxidation sites excluding steroid dienone is 7. The highest BCUT2D eigenvalue weighted by atomic mass is 16.5. The van der Waals surface area contributed by atoms with Gasteiger partial charge >= 0.3 is 0 Å². The first-order valence-corrected chi connectivity index (χ1v) is 10.6. The first-order chi connectivity index (χ1) is 12.8. The van der Waals surface area contributed by atoms with E-state index < -0.39 is 0 Å². The lowest BCUT2D eigenvalue weighted by Crippen LogP contribution is -2.35. The van der Waals surface area contributed by atoms with Gasteiger partial charge in [-0.1, -0.05) is 54.9 Å². The monoisotopic (exact) mass is 372 g/mol. The van der Waals surface area contributed by atoms with E-state index in [1.165, 1.54) is 16.7 Å². The molecule has 0 fully saturated rings. The van der Waals surface area contributed by atoms with Crippen LogP contribution in [0.3, 0.4) is 0 Å². The van der Waals surface area contributed by atoms with E-state index in [0.717, 1.165) is 45.1 Å². The Labute approximate surface area is 167 Å². The average molecular weight is 373 g/mol. The van der Waals surface area contributed by atoms with E-state index >= 15 is 0 Å². The highest BCUT2D eigenvalue weighted by Gasteiger charge is 2.32. The fourth-order valence-corrected chi connectivity index (χ4v) is 3.43. The van der Waals surface area contributed by atoms with Crippen molar-refractivity contribution in [3.05, 3.63) is 47.1 Å². The molecule has 0 amide bonds.